The van der Waals surface area contributed by atoms with Crippen LogP contribution in [0.25, 0.3) is 10.8 Å². The smallest absolute Gasteiger partial charge is 0.360 e. The van der Waals surface area contributed by atoms with Gasteiger partial charge >= 0.3 is 5.97 Å². The molecule has 0 fully saturated rings. The number of carbonyl (C=O) groups is 1. The Labute approximate surface area is 154 Å². The highest BCUT2D eigenvalue weighted by molar-refractivity contribution is 7.85. The van der Waals surface area contributed by atoms with Crippen LogP contribution in [0.2, 0.25) is 0 Å². The number of hydrogen-bond donors (Lipinski definition) is 1. The zero-order valence-electron chi connectivity index (χ0n) is 14.3. The van der Waals surface area contributed by atoms with Gasteiger partial charge in [-0.1, -0.05) is 31.5 Å². The van der Waals surface area contributed by atoms with Crippen LogP contribution < -0.4 is 0 Å². The van der Waals surface area contributed by atoms with Crippen molar-refractivity contribution in [3.63, 3.8) is 0 Å². The predicted molar refractivity (Wildman–Crippen MR) is 99.7 cm³/mol. The van der Waals surface area contributed by atoms with Crippen molar-refractivity contribution in [1.82, 2.24) is 4.98 Å². The molecule has 1 atom stereocenters. The lowest BCUT2D eigenvalue weighted by molar-refractivity contribution is 0.0489. The maximum Gasteiger partial charge on any atom is 0.360 e. The summed E-state index contributed by atoms with van der Waals surface area (Å²) < 4.78 is 17.8. The minimum Gasteiger partial charge on any atom is -0.505 e. The highest BCUT2D eigenvalue weighted by atomic mass is 32.2. The number of aromatic nitrogens is 1. The Hall–Kier alpha value is -2.73. The molecule has 5 nitrogen and oxygen atoms in total. The third-order valence-corrected chi connectivity index (χ3v) is 5.31. The average molecular weight is 369 g/mol. The van der Waals surface area contributed by atoms with E-state index in [1.54, 1.807) is 30.3 Å². The minimum atomic E-state index is -1.33. The molecule has 0 aliphatic carbocycles. The summed E-state index contributed by atoms with van der Waals surface area (Å²) in [5.74, 6) is -0.865. The van der Waals surface area contributed by atoms with E-state index in [-0.39, 0.29) is 11.4 Å². The Morgan fingerprint density at radius 1 is 1.15 bits per heavy atom. The van der Waals surface area contributed by atoms with E-state index in [0.29, 0.717) is 27.2 Å². The second-order valence-corrected chi connectivity index (χ2v) is 7.26. The minimum absolute atomic E-state index is 0.106. The van der Waals surface area contributed by atoms with Crippen LogP contribution in [-0.2, 0) is 15.5 Å². The normalized spacial score (nSPS) is 12.0. The molecule has 0 saturated carbocycles. The van der Waals surface area contributed by atoms with Crippen LogP contribution >= 0.6 is 0 Å². The van der Waals surface area contributed by atoms with Gasteiger partial charge in [0.05, 0.1) is 17.4 Å². The van der Waals surface area contributed by atoms with Gasteiger partial charge in [-0.3, -0.25) is 0 Å². The third kappa shape index (κ3) is 3.75. The van der Waals surface area contributed by atoms with Gasteiger partial charge in [-0.2, -0.15) is 0 Å². The van der Waals surface area contributed by atoms with Crippen molar-refractivity contribution in [2.45, 2.75) is 29.6 Å². The molecule has 134 valence electrons. The van der Waals surface area contributed by atoms with Crippen molar-refractivity contribution in [2.24, 2.45) is 0 Å². The van der Waals surface area contributed by atoms with E-state index < -0.39 is 16.8 Å². The lowest BCUT2D eigenvalue weighted by atomic mass is 10.1. The molecule has 2 aromatic carbocycles. The van der Waals surface area contributed by atoms with Gasteiger partial charge in [0, 0.05) is 26.8 Å². The number of nitrogens with zero attached hydrogens (tertiary/aromatic N) is 1. The number of aromatic hydroxyl groups is 1. The Bertz CT molecular complexity index is 957. The quantitative estimate of drug-likeness (QED) is 0.524. The van der Waals surface area contributed by atoms with E-state index in [2.05, 4.69) is 4.98 Å². The zero-order valence-corrected chi connectivity index (χ0v) is 15.2. The van der Waals surface area contributed by atoms with Crippen molar-refractivity contribution < 1.29 is 18.8 Å². The molecule has 0 aliphatic heterocycles. The van der Waals surface area contributed by atoms with Gasteiger partial charge in [-0.15, -0.1) is 0 Å². The monoisotopic (exact) mass is 369 g/mol. The molecule has 0 radical (unpaired) electrons. The molecule has 0 saturated heterocycles. The number of hydrogen-bond acceptors (Lipinski definition) is 5. The maximum absolute atomic E-state index is 12.7. The lowest BCUT2D eigenvalue weighted by Crippen LogP contribution is -2.09. The van der Waals surface area contributed by atoms with Crippen LogP contribution in [0.15, 0.2) is 64.5 Å². The Morgan fingerprint density at radius 3 is 2.65 bits per heavy atom. The van der Waals surface area contributed by atoms with Crippen LogP contribution in [0.5, 0.6) is 5.75 Å². The van der Waals surface area contributed by atoms with Gasteiger partial charge in [0.2, 0.25) is 0 Å². The van der Waals surface area contributed by atoms with E-state index in [0.717, 1.165) is 12.8 Å². The molecule has 1 N–H and O–H groups in total. The van der Waals surface area contributed by atoms with Crippen molar-refractivity contribution in [3.05, 3.63) is 60.4 Å². The third-order valence-electron chi connectivity index (χ3n) is 3.93. The summed E-state index contributed by atoms with van der Waals surface area (Å²) in [6.07, 6.45) is 3.15. The fraction of sp³-hybridized carbons (Fsp3) is 0.200. The second kappa shape index (κ2) is 8.10. The van der Waals surface area contributed by atoms with Gasteiger partial charge in [0.15, 0.2) is 11.4 Å². The number of carbonyl (C=O) groups excluding carboxylic acids is 1. The summed E-state index contributed by atoms with van der Waals surface area (Å²) in [7, 11) is -1.33. The summed E-state index contributed by atoms with van der Waals surface area (Å²) in [5.41, 5.74) is -0.106. The predicted octanol–water partition coefficient (Wildman–Crippen LogP) is 4.06. The first kappa shape index (κ1) is 18.1. The highest BCUT2D eigenvalue weighted by Crippen LogP contribution is 2.30. The summed E-state index contributed by atoms with van der Waals surface area (Å²) in [6.45, 7) is 2.29. The standard InChI is InChI=1S/C20H19NO4S/c1-2-3-11-25-20(23)18-19(22)17-10-9-16(12-14(17)13-21-18)26(24)15-7-5-4-6-8-15/h4-10,12-13,22H,2-3,11H2,1H3. The van der Waals surface area contributed by atoms with E-state index in [9.17, 15) is 14.1 Å². The maximum atomic E-state index is 12.7. The zero-order chi connectivity index (χ0) is 18.5. The van der Waals surface area contributed by atoms with Gasteiger partial charge in [0.25, 0.3) is 0 Å². The summed E-state index contributed by atoms with van der Waals surface area (Å²) in [4.78, 5) is 17.4. The first-order valence-corrected chi connectivity index (χ1v) is 9.52. The first-order valence-electron chi connectivity index (χ1n) is 8.37. The fourth-order valence-electron chi connectivity index (χ4n) is 2.51. The molecular weight excluding hydrogens is 350 g/mol. The number of pyridine rings is 1. The van der Waals surface area contributed by atoms with Crippen LogP contribution in [-0.4, -0.2) is 26.9 Å². The fourth-order valence-corrected chi connectivity index (χ4v) is 3.61. The van der Waals surface area contributed by atoms with Crippen LogP contribution in [0.4, 0.5) is 0 Å². The van der Waals surface area contributed by atoms with Crippen molar-refractivity contribution in [2.75, 3.05) is 6.61 Å². The molecule has 0 amide bonds. The van der Waals surface area contributed by atoms with Gasteiger partial charge in [-0.25, -0.2) is 14.0 Å². The molecule has 1 heterocycles. The van der Waals surface area contributed by atoms with E-state index in [4.69, 9.17) is 4.74 Å². The summed E-state index contributed by atoms with van der Waals surface area (Å²) in [5, 5.41) is 11.5. The number of unbranched alkanes of at least 4 members (excludes halogenated alkanes) is 1. The Kier molecular flexibility index (Phi) is 5.63. The van der Waals surface area contributed by atoms with E-state index >= 15 is 0 Å². The van der Waals surface area contributed by atoms with Crippen molar-refractivity contribution >= 4 is 27.5 Å². The number of rotatable bonds is 6. The molecule has 26 heavy (non-hydrogen) atoms. The Morgan fingerprint density at radius 2 is 1.92 bits per heavy atom. The molecular formula is C20H19NO4S. The summed E-state index contributed by atoms with van der Waals surface area (Å²) >= 11 is 0. The molecule has 1 aromatic heterocycles. The van der Waals surface area contributed by atoms with Gasteiger partial charge in [0.1, 0.15) is 0 Å². The molecule has 3 rings (SSSR count). The first-order chi connectivity index (χ1) is 12.6. The second-order valence-electron chi connectivity index (χ2n) is 5.78. The van der Waals surface area contributed by atoms with Crippen LogP contribution in [0.3, 0.4) is 0 Å². The molecule has 3 aromatic rings. The van der Waals surface area contributed by atoms with E-state index in [1.807, 2.05) is 25.1 Å². The highest BCUT2D eigenvalue weighted by Gasteiger charge is 2.18. The lowest BCUT2D eigenvalue weighted by Gasteiger charge is -2.09. The number of esters is 1. The number of fused-ring (bicyclic) bond motifs is 1. The largest absolute Gasteiger partial charge is 0.505 e. The molecule has 0 bridgehead atoms. The van der Waals surface area contributed by atoms with Crippen molar-refractivity contribution in [1.29, 1.82) is 0 Å². The van der Waals surface area contributed by atoms with Crippen LogP contribution in [0, 0.1) is 0 Å². The average Bonchev–Trinajstić information content (AvgIpc) is 2.68. The topological polar surface area (TPSA) is 76.5 Å². The van der Waals surface area contributed by atoms with Gasteiger partial charge < -0.3 is 9.84 Å². The molecule has 0 aliphatic rings. The Balaban J connectivity index is 1.91. The van der Waals surface area contributed by atoms with E-state index in [1.165, 1.54) is 6.20 Å². The molecule has 0 spiro atoms. The number of ether oxygens (including phenoxy) is 1. The van der Waals surface area contributed by atoms with Crippen molar-refractivity contribution in [3.8, 4) is 5.75 Å². The van der Waals surface area contributed by atoms with Gasteiger partial charge in [-0.05, 0) is 36.8 Å². The SMILES string of the molecule is CCCCOC(=O)c1ncc2cc(S(=O)c3ccccc3)ccc2c1O. The number of benzene rings is 2. The van der Waals surface area contributed by atoms with Crippen LogP contribution in [0.1, 0.15) is 30.3 Å². The molecule has 1 unspecified atom stereocenters. The molecule has 6 heteroatoms. The summed E-state index contributed by atoms with van der Waals surface area (Å²) in [6, 6.07) is 14.2.